The zero-order chi connectivity index (χ0) is 18.8. The van der Waals surface area contributed by atoms with Gasteiger partial charge in [-0.05, 0) is 36.4 Å². The van der Waals surface area contributed by atoms with Crippen molar-refractivity contribution in [2.45, 2.75) is 0 Å². The Hall–Kier alpha value is -2.43. The Bertz CT molecular complexity index is 948. The van der Waals surface area contributed by atoms with Gasteiger partial charge < -0.3 is 14.2 Å². The molecule has 3 aromatic rings. The third-order valence-electron chi connectivity index (χ3n) is 4.72. The molecule has 4 rings (SSSR count). The van der Waals surface area contributed by atoms with Crippen LogP contribution < -0.4 is 4.90 Å². The number of carbonyl (C=O) groups excluding carboxylic acids is 1. The molecule has 1 aliphatic rings. The van der Waals surface area contributed by atoms with Crippen molar-refractivity contribution in [1.82, 2.24) is 4.90 Å². The van der Waals surface area contributed by atoms with Gasteiger partial charge in [-0.3, -0.25) is 4.79 Å². The van der Waals surface area contributed by atoms with E-state index in [-0.39, 0.29) is 5.91 Å². The van der Waals surface area contributed by atoms with E-state index >= 15 is 0 Å². The van der Waals surface area contributed by atoms with E-state index in [9.17, 15) is 4.79 Å². The highest BCUT2D eigenvalue weighted by atomic mass is 35.5. The summed E-state index contributed by atoms with van der Waals surface area (Å²) in [5.41, 5.74) is 1.86. The fraction of sp³-hybridized carbons (Fsp3) is 0.190. The van der Waals surface area contributed by atoms with Crippen LogP contribution in [0.4, 0.5) is 5.69 Å². The van der Waals surface area contributed by atoms with Crippen molar-refractivity contribution in [3.63, 3.8) is 0 Å². The summed E-state index contributed by atoms with van der Waals surface area (Å²) >= 11 is 12.3. The number of rotatable bonds is 3. The molecule has 1 amide bonds. The van der Waals surface area contributed by atoms with E-state index < -0.39 is 0 Å². The van der Waals surface area contributed by atoms with Gasteiger partial charge >= 0.3 is 0 Å². The summed E-state index contributed by atoms with van der Waals surface area (Å²) in [6.07, 6.45) is 0. The van der Waals surface area contributed by atoms with Crippen LogP contribution in [0.3, 0.4) is 0 Å². The average Bonchev–Trinajstić information content (AvgIpc) is 3.20. The molecule has 4 nitrogen and oxygen atoms in total. The van der Waals surface area contributed by atoms with Gasteiger partial charge in [0.15, 0.2) is 5.76 Å². The minimum atomic E-state index is -0.105. The Morgan fingerprint density at radius 3 is 2.33 bits per heavy atom. The molecule has 2 aromatic carbocycles. The van der Waals surface area contributed by atoms with E-state index in [4.69, 9.17) is 27.6 Å². The van der Waals surface area contributed by atoms with Crippen LogP contribution in [0, 0.1) is 0 Å². The Labute approximate surface area is 167 Å². The number of para-hydroxylation sites is 1. The maximum absolute atomic E-state index is 12.8. The fourth-order valence-corrected chi connectivity index (χ4v) is 3.65. The molecule has 0 N–H and O–H groups in total. The van der Waals surface area contributed by atoms with Gasteiger partial charge in [0.25, 0.3) is 5.91 Å². The number of benzene rings is 2. The zero-order valence-electron chi connectivity index (χ0n) is 14.6. The van der Waals surface area contributed by atoms with E-state index in [1.54, 1.807) is 24.3 Å². The summed E-state index contributed by atoms with van der Waals surface area (Å²) in [5, 5.41) is 0.875. The molecule has 1 fully saturated rings. The number of halogens is 2. The van der Waals surface area contributed by atoms with Crippen molar-refractivity contribution < 1.29 is 9.21 Å². The lowest BCUT2D eigenvalue weighted by Gasteiger charge is -2.35. The lowest BCUT2D eigenvalue weighted by atomic mass is 10.2. The molecule has 1 aromatic heterocycles. The van der Waals surface area contributed by atoms with Gasteiger partial charge in [0, 0.05) is 37.4 Å². The molecule has 0 radical (unpaired) electrons. The second-order valence-electron chi connectivity index (χ2n) is 6.38. The second kappa shape index (κ2) is 7.67. The standard InChI is InChI=1S/C21H18Cl2N2O2/c22-17-8-4-7-16(20(17)23)18-9-10-19(27-18)21(26)25-13-11-24(12-14-25)15-5-2-1-3-6-15/h1-10H,11-14H2. The molecule has 6 heteroatoms. The third-order valence-corrected chi connectivity index (χ3v) is 5.54. The van der Waals surface area contributed by atoms with Gasteiger partial charge in [-0.25, -0.2) is 0 Å². The third kappa shape index (κ3) is 3.68. The van der Waals surface area contributed by atoms with Crippen LogP contribution in [0.2, 0.25) is 10.0 Å². The molecule has 0 aliphatic carbocycles. The molecule has 0 spiro atoms. The van der Waals surface area contributed by atoms with Crippen LogP contribution in [-0.4, -0.2) is 37.0 Å². The summed E-state index contributed by atoms with van der Waals surface area (Å²) < 4.78 is 5.78. The molecule has 0 unspecified atom stereocenters. The lowest BCUT2D eigenvalue weighted by molar-refractivity contribution is 0.0715. The van der Waals surface area contributed by atoms with Crippen LogP contribution in [-0.2, 0) is 0 Å². The first kappa shape index (κ1) is 18.0. The highest BCUT2D eigenvalue weighted by Gasteiger charge is 2.25. The summed E-state index contributed by atoms with van der Waals surface area (Å²) in [7, 11) is 0. The Balaban J connectivity index is 1.45. The van der Waals surface area contributed by atoms with Gasteiger partial charge in [0.2, 0.25) is 0 Å². The molecule has 0 atom stereocenters. The van der Waals surface area contributed by atoms with E-state index in [1.807, 2.05) is 29.2 Å². The first-order chi connectivity index (χ1) is 13.1. The smallest absolute Gasteiger partial charge is 0.289 e. The normalized spacial score (nSPS) is 14.4. The van der Waals surface area contributed by atoms with E-state index in [0.717, 1.165) is 13.1 Å². The maximum atomic E-state index is 12.8. The van der Waals surface area contributed by atoms with Crippen LogP contribution in [0.5, 0.6) is 0 Å². The van der Waals surface area contributed by atoms with Gasteiger partial charge in [-0.2, -0.15) is 0 Å². The first-order valence-electron chi connectivity index (χ1n) is 8.77. The predicted octanol–water partition coefficient (Wildman–Crippen LogP) is 5.22. The van der Waals surface area contributed by atoms with Gasteiger partial charge in [0.1, 0.15) is 5.76 Å². The van der Waals surface area contributed by atoms with E-state index in [0.29, 0.717) is 40.2 Å². The summed E-state index contributed by atoms with van der Waals surface area (Å²) in [4.78, 5) is 16.9. The molecule has 1 saturated heterocycles. The number of nitrogens with zero attached hydrogens (tertiary/aromatic N) is 2. The van der Waals surface area contributed by atoms with Crippen molar-refractivity contribution in [2.24, 2.45) is 0 Å². The van der Waals surface area contributed by atoms with Crippen molar-refractivity contribution in [2.75, 3.05) is 31.1 Å². The van der Waals surface area contributed by atoms with Crippen molar-refractivity contribution in [3.05, 3.63) is 76.5 Å². The van der Waals surface area contributed by atoms with Crippen LogP contribution in [0.1, 0.15) is 10.6 Å². The minimum absolute atomic E-state index is 0.105. The highest BCUT2D eigenvalue weighted by Crippen LogP contribution is 2.34. The topological polar surface area (TPSA) is 36.7 Å². The predicted molar refractivity (Wildman–Crippen MR) is 109 cm³/mol. The molecule has 0 saturated carbocycles. The monoisotopic (exact) mass is 400 g/mol. The Kier molecular flexibility index (Phi) is 5.10. The zero-order valence-corrected chi connectivity index (χ0v) is 16.1. The molecular formula is C21H18Cl2N2O2. The van der Waals surface area contributed by atoms with Crippen LogP contribution in [0.25, 0.3) is 11.3 Å². The minimum Gasteiger partial charge on any atom is -0.451 e. The number of piperazine rings is 1. The van der Waals surface area contributed by atoms with Crippen LogP contribution in [0.15, 0.2) is 65.1 Å². The first-order valence-corrected chi connectivity index (χ1v) is 9.52. The molecule has 1 aliphatic heterocycles. The average molecular weight is 401 g/mol. The molecule has 0 bridgehead atoms. The number of hydrogen-bond donors (Lipinski definition) is 0. The Morgan fingerprint density at radius 2 is 1.59 bits per heavy atom. The van der Waals surface area contributed by atoms with Gasteiger partial charge in [0.05, 0.1) is 10.0 Å². The van der Waals surface area contributed by atoms with Crippen LogP contribution >= 0.6 is 23.2 Å². The quantitative estimate of drug-likeness (QED) is 0.604. The molecular weight excluding hydrogens is 383 g/mol. The largest absolute Gasteiger partial charge is 0.451 e. The highest BCUT2D eigenvalue weighted by molar-refractivity contribution is 6.43. The maximum Gasteiger partial charge on any atom is 0.289 e. The number of anilines is 1. The van der Waals surface area contributed by atoms with E-state index in [2.05, 4.69) is 17.0 Å². The number of amides is 1. The van der Waals surface area contributed by atoms with Gasteiger partial charge in [-0.1, -0.05) is 47.5 Å². The second-order valence-corrected chi connectivity index (χ2v) is 7.17. The summed E-state index contributed by atoms with van der Waals surface area (Å²) in [5.74, 6) is 0.745. The molecule has 27 heavy (non-hydrogen) atoms. The fourth-order valence-electron chi connectivity index (χ4n) is 3.25. The number of furan rings is 1. The number of hydrogen-bond acceptors (Lipinski definition) is 3. The molecule has 2 heterocycles. The van der Waals surface area contributed by atoms with Crippen molar-refractivity contribution >= 4 is 34.8 Å². The summed E-state index contributed by atoms with van der Waals surface area (Å²) in [6.45, 7) is 2.90. The van der Waals surface area contributed by atoms with Crippen molar-refractivity contribution in [3.8, 4) is 11.3 Å². The molecule has 138 valence electrons. The SMILES string of the molecule is O=C(c1ccc(-c2cccc(Cl)c2Cl)o1)N1CCN(c2ccccc2)CC1. The Morgan fingerprint density at radius 1 is 0.852 bits per heavy atom. The number of carbonyl (C=O) groups is 1. The van der Waals surface area contributed by atoms with Gasteiger partial charge in [-0.15, -0.1) is 0 Å². The van der Waals surface area contributed by atoms with Crippen molar-refractivity contribution in [1.29, 1.82) is 0 Å². The van der Waals surface area contributed by atoms with E-state index in [1.165, 1.54) is 5.69 Å². The summed E-state index contributed by atoms with van der Waals surface area (Å²) in [6, 6.07) is 19.0. The lowest BCUT2D eigenvalue weighted by Crippen LogP contribution is -2.48.